The minimum atomic E-state index is -4.41. The fourth-order valence-electron chi connectivity index (χ4n) is 3.46. The Hall–Kier alpha value is -2.92. The van der Waals surface area contributed by atoms with E-state index in [1.807, 2.05) is 6.07 Å². The maximum Gasteiger partial charge on any atom is 0.416 e. The Kier molecular flexibility index (Phi) is 8.23. The molecule has 168 valence electrons. The zero-order valence-corrected chi connectivity index (χ0v) is 18.7. The van der Waals surface area contributed by atoms with E-state index in [2.05, 4.69) is 22.2 Å². The summed E-state index contributed by atoms with van der Waals surface area (Å²) < 4.78 is 41.0. The van der Waals surface area contributed by atoms with Gasteiger partial charge in [-0.2, -0.15) is 18.4 Å². The van der Waals surface area contributed by atoms with Gasteiger partial charge in [0.25, 0.3) is 0 Å². The van der Waals surface area contributed by atoms with Crippen molar-refractivity contribution < 1.29 is 13.2 Å². The summed E-state index contributed by atoms with van der Waals surface area (Å²) in [4.78, 5) is 8.44. The number of nitriles is 1. The molecule has 0 aliphatic heterocycles. The molecule has 1 aromatic carbocycles. The molecule has 0 aliphatic rings. The number of nitrogens with one attached hydrogen (secondary N) is 1. The maximum atomic E-state index is 13.7. The van der Waals surface area contributed by atoms with Gasteiger partial charge in [0.05, 0.1) is 16.8 Å². The first-order valence-corrected chi connectivity index (χ1v) is 11.6. The van der Waals surface area contributed by atoms with Crippen LogP contribution in [0.3, 0.4) is 0 Å². The fraction of sp³-hybridized carbons (Fsp3) is 0.375. The number of rotatable bonds is 10. The standard InChI is InChI=1S/C24H25F3N4S/c1-2-3-4-5-6-7-8-18-9-10-20(12-21(18)24(25,26)27)30-23-31-22(16-32-23)19-11-17(13-28)14-29-15-19/h9-12,14-16H,2-8H2,1H3,(H,30,31). The van der Waals surface area contributed by atoms with Gasteiger partial charge in [-0.25, -0.2) is 4.98 Å². The second-order valence-electron chi connectivity index (χ2n) is 7.62. The highest BCUT2D eigenvalue weighted by atomic mass is 32.1. The number of aromatic nitrogens is 2. The van der Waals surface area contributed by atoms with Crippen LogP contribution in [0.2, 0.25) is 0 Å². The van der Waals surface area contributed by atoms with Crippen LogP contribution < -0.4 is 5.32 Å². The Morgan fingerprint density at radius 2 is 1.84 bits per heavy atom. The van der Waals surface area contributed by atoms with Gasteiger partial charge >= 0.3 is 6.18 Å². The van der Waals surface area contributed by atoms with Crippen molar-refractivity contribution in [3.63, 3.8) is 0 Å². The number of thiazole rings is 1. The van der Waals surface area contributed by atoms with E-state index in [0.29, 0.717) is 39.6 Å². The summed E-state index contributed by atoms with van der Waals surface area (Å²) in [7, 11) is 0. The molecular weight excluding hydrogens is 433 g/mol. The number of hydrogen-bond donors (Lipinski definition) is 1. The number of aryl methyl sites for hydroxylation is 1. The molecule has 0 saturated heterocycles. The molecule has 3 aromatic rings. The minimum Gasteiger partial charge on any atom is -0.332 e. The molecule has 3 rings (SSSR count). The fourth-order valence-corrected chi connectivity index (χ4v) is 4.20. The molecule has 0 atom stereocenters. The first-order valence-electron chi connectivity index (χ1n) is 10.7. The largest absolute Gasteiger partial charge is 0.416 e. The van der Waals surface area contributed by atoms with Crippen LogP contribution in [0.25, 0.3) is 11.3 Å². The summed E-state index contributed by atoms with van der Waals surface area (Å²) in [5.41, 5.74) is 1.78. The third-order valence-electron chi connectivity index (χ3n) is 5.13. The van der Waals surface area contributed by atoms with Crippen LogP contribution in [-0.4, -0.2) is 9.97 Å². The zero-order valence-electron chi connectivity index (χ0n) is 17.9. The Balaban J connectivity index is 1.70. The number of benzene rings is 1. The van der Waals surface area contributed by atoms with Crippen LogP contribution in [0.15, 0.2) is 42.0 Å². The van der Waals surface area contributed by atoms with Crippen molar-refractivity contribution in [2.75, 3.05) is 5.32 Å². The number of halogens is 3. The van der Waals surface area contributed by atoms with E-state index >= 15 is 0 Å². The average molecular weight is 459 g/mol. The highest BCUT2D eigenvalue weighted by molar-refractivity contribution is 7.14. The summed E-state index contributed by atoms with van der Waals surface area (Å²) in [6.07, 6.45) is 5.29. The predicted octanol–water partition coefficient (Wildman–Crippen LogP) is 7.74. The summed E-state index contributed by atoms with van der Waals surface area (Å²) in [5.74, 6) is 0. The molecule has 2 heterocycles. The highest BCUT2D eigenvalue weighted by Gasteiger charge is 2.33. The molecule has 2 aromatic heterocycles. The van der Waals surface area contributed by atoms with Gasteiger partial charge < -0.3 is 5.32 Å². The maximum absolute atomic E-state index is 13.7. The molecule has 0 aliphatic carbocycles. The quantitative estimate of drug-likeness (QED) is 0.316. The summed E-state index contributed by atoms with van der Waals surface area (Å²) in [6.45, 7) is 2.14. The van der Waals surface area contributed by atoms with Crippen molar-refractivity contribution >= 4 is 22.2 Å². The lowest BCUT2D eigenvalue weighted by Gasteiger charge is -2.15. The molecule has 0 unspecified atom stereocenters. The Labute approximate surface area is 190 Å². The Morgan fingerprint density at radius 3 is 2.59 bits per heavy atom. The van der Waals surface area contributed by atoms with Gasteiger partial charge in [0.1, 0.15) is 6.07 Å². The molecule has 0 saturated carbocycles. The normalized spacial score (nSPS) is 11.3. The SMILES string of the molecule is CCCCCCCCc1ccc(Nc2nc(-c3cncc(C#N)c3)cs2)cc1C(F)(F)F. The Bertz CT molecular complexity index is 1070. The Morgan fingerprint density at radius 1 is 1.06 bits per heavy atom. The lowest BCUT2D eigenvalue weighted by Crippen LogP contribution is -2.10. The van der Waals surface area contributed by atoms with Crippen molar-refractivity contribution in [1.29, 1.82) is 5.26 Å². The van der Waals surface area contributed by atoms with Crippen LogP contribution in [0, 0.1) is 11.3 Å². The van der Waals surface area contributed by atoms with Crippen LogP contribution in [-0.2, 0) is 12.6 Å². The van der Waals surface area contributed by atoms with E-state index in [-0.39, 0.29) is 0 Å². The number of hydrogen-bond acceptors (Lipinski definition) is 5. The van der Waals surface area contributed by atoms with Gasteiger partial charge in [0, 0.05) is 29.0 Å². The monoisotopic (exact) mass is 458 g/mol. The lowest BCUT2D eigenvalue weighted by atomic mass is 9.99. The molecule has 0 spiro atoms. The third kappa shape index (κ3) is 6.54. The summed E-state index contributed by atoms with van der Waals surface area (Å²) in [5, 5.41) is 14.2. The van der Waals surface area contributed by atoms with Gasteiger partial charge in [-0.15, -0.1) is 11.3 Å². The van der Waals surface area contributed by atoms with Crippen molar-refractivity contribution in [2.45, 2.75) is 58.0 Å². The van der Waals surface area contributed by atoms with Crippen molar-refractivity contribution in [2.24, 2.45) is 0 Å². The van der Waals surface area contributed by atoms with Gasteiger partial charge in [0.15, 0.2) is 5.13 Å². The summed E-state index contributed by atoms with van der Waals surface area (Å²) >= 11 is 1.28. The van der Waals surface area contributed by atoms with Crippen LogP contribution in [0.5, 0.6) is 0 Å². The van der Waals surface area contributed by atoms with Gasteiger partial charge in [-0.3, -0.25) is 4.98 Å². The highest BCUT2D eigenvalue weighted by Crippen LogP contribution is 2.36. The lowest BCUT2D eigenvalue weighted by molar-refractivity contribution is -0.138. The smallest absolute Gasteiger partial charge is 0.332 e. The van der Waals surface area contributed by atoms with E-state index in [0.717, 1.165) is 38.2 Å². The number of alkyl halides is 3. The third-order valence-corrected chi connectivity index (χ3v) is 5.89. The minimum absolute atomic E-state index is 0.331. The van der Waals surface area contributed by atoms with Gasteiger partial charge in [-0.1, -0.05) is 45.1 Å². The number of pyridine rings is 1. The van der Waals surface area contributed by atoms with Crippen molar-refractivity contribution in [3.8, 4) is 17.3 Å². The first kappa shape index (κ1) is 23.7. The van der Waals surface area contributed by atoms with Crippen LogP contribution in [0.4, 0.5) is 24.0 Å². The molecule has 0 radical (unpaired) electrons. The van der Waals surface area contributed by atoms with E-state index < -0.39 is 11.7 Å². The second kappa shape index (κ2) is 11.1. The van der Waals surface area contributed by atoms with Crippen molar-refractivity contribution in [3.05, 3.63) is 58.7 Å². The van der Waals surface area contributed by atoms with E-state index in [9.17, 15) is 13.2 Å². The van der Waals surface area contributed by atoms with Gasteiger partial charge in [-0.05, 0) is 36.6 Å². The van der Waals surface area contributed by atoms with E-state index in [1.54, 1.807) is 29.8 Å². The zero-order chi connectivity index (χ0) is 23.0. The molecule has 1 N–H and O–H groups in total. The number of anilines is 2. The molecule has 0 amide bonds. The van der Waals surface area contributed by atoms with E-state index in [4.69, 9.17) is 5.26 Å². The first-order chi connectivity index (χ1) is 15.4. The van der Waals surface area contributed by atoms with Crippen LogP contribution >= 0.6 is 11.3 Å². The molecule has 32 heavy (non-hydrogen) atoms. The molecule has 4 nitrogen and oxygen atoms in total. The molecule has 0 bridgehead atoms. The molecule has 0 fully saturated rings. The topological polar surface area (TPSA) is 61.6 Å². The van der Waals surface area contributed by atoms with Gasteiger partial charge in [0.2, 0.25) is 0 Å². The molecule has 8 heteroatoms. The second-order valence-corrected chi connectivity index (χ2v) is 8.48. The molecular formula is C24H25F3N4S. The number of nitrogens with zero attached hydrogens (tertiary/aromatic N) is 3. The predicted molar refractivity (Wildman–Crippen MR) is 122 cm³/mol. The summed E-state index contributed by atoms with van der Waals surface area (Å²) in [6, 6.07) is 8.09. The number of unbranched alkanes of at least 4 members (excludes halogenated alkanes) is 5. The van der Waals surface area contributed by atoms with Crippen LogP contribution in [0.1, 0.15) is 62.1 Å². The van der Waals surface area contributed by atoms with Crippen molar-refractivity contribution in [1.82, 2.24) is 9.97 Å². The average Bonchev–Trinajstić information content (AvgIpc) is 3.25. The van der Waals surface area contributed by atoms with E-state index in [1.165, 1.54) is 24.0 Å².